The Kier molecular flexibility index (Phi) is 4.34. The van der Waals surface area contributed by atoms with Crippen LogP contribution in [0.4, 0.5) is 0 Å². The third kappa shape index (κ3) is 3.15. The minimum Gasteiger partial charge on any atom is -0.343 e. The van der Waals surface area contributed by atoms with Gasteiger partial charge in [0.15, 0.2) is 0 Å². The predicted molar refractivity (Wildman–Crippen MR) is 93.0 cm³/mol. The molecule has 0 atom stereocenters. The zero-order chi connectivity index (χ0) is 14.8. The molecule has 0 amide bonds. The Morgan fingerprint density at radius 3 is 2.81 bits per heavy atom. The van der Waals surface area contributed by atoms with Gasteiger partial charge in [-0.05, 0) is 42.4 Å². The molecule has 4 heteroatoms. The first-order valence-corrected chi connectivity index (χ1v) is 8.01. The average molecular weight is 364 g/mol. The minimum absolute atomic E-state index is 0.770. The van der Waals surface area contributed by atoms with E-state index in [9.17, 15) is 0 Å². The smallest absolute Gasteiger partial charge is 0.0501 e. The van der Waals surface area contributed by atoms with Gasteiger partial charge in [-0.2, -0.15) is 0 Å². The molecule has 1 N–H and O–H groups in total. The van der Waals surface area contributed by atoms with Gasteiger partial charge in [-0.15, -0.1) is 0 Å². The first-order chi connectivity index (χ1) is 10.2. The Hall–Kier alpha value is -1.29. The number of hydrogen-bond donors (Lipinski definition) is 1. The molecule has 0 unspecified atom stereocenters. The third-order valence-corrected chi connectivity index (χ3v) is 4.26. The molecule has 1 heterocycles. The maximum Gasteiger partial charge on any atom is 0.0501 e. The fourth-order valence-corrected chi connectivity index (χ4v) is 3.25. The fraction of sp³-hybridized carbons (Fsp3) is 0.176. The van der Waals surface area contributed by atoms with Crippen molar-refractivity contribution in [2.24, 2.45) is 0 Å². The molecule has 1 aromatic heterocycles. The summed E-state index contributed by atoms with van der Waals surface area (Å²) in [6, 6.07) is 14.5. The quantitative estimate of drug-likeness (QED) is 0.703. The van der Waals surface area contributed by atoms with Crippen LogP contribution in [0.2, 0.25) is 5.02 Å². The maximum atomic E-state index is 6.17. The molecule has 0 aliphatic heterocycles. The first kappa shape index (κ1) is 14.6. The van der Waals surface area contributed by atoms with Crippen molar-refractivity contribution in [2.75, 3.05) is 7.05 Å². The van der Waals surface area contributed by atoms with Gasteiger partial charge in [0.1, 0.15) is 0 Å². The van der Waals surface area contributed by atoms with Crippen LogP contribution in [-0.4, -0.2) is 11.6 Å². The van der Waals surface area contributed by atoms with Crippen LogP contribution >= 0.6 is 27.5 Å². The van der Waals surface area contributed by atoms with E-state index < -0.39 is 0 Å². The van der Waals surface area contributed by atoms with Gasteiger partial charge >= 0.3 is 0 Å². The van der Waals surface area contributed by atoms with E-state index in [1.54, 1.807) is 0 Å². The minimum atomic E-state index is 0.770. The van der Waals surface area contributed by atoms with Gasteiger partial charge < -0.3 is 9.88 Å². The number of halogens is 2. The molecule has 108 valence electrons. The SMILES string of the molecule is CNCc1cn(Cc2cccc(Br)c2)c2cc(Cl)ccc12. The van der Waals surface area contributed by atoms with Gasteiger partial charge in [-0.1, -0.05) is 45.7 Å². The second-order valence-electron chi connectivity index (χ2n) is 5.10. The second-order valence-corrected chi connectivity index (χ2v) is 6.46. The van der Waals surface area contributed by atoms with Crippen molar-refractivity contribution in [3.05, 3.63) is 69.3 Å². The van der Waals surface area contributed by atoms with E-state index >= 15 is 0 Å². The Morgan fingerprint density at radius 2 is 2.05 bits per heavy atom. The van der Waals surface area contributed by atoms with Crippen molar-refractivity contribution in [3.8, 4) is 0 Å². The Balaban J connectivity index is 2.06. The predicted octanol–water partition coefficient (Wildman–Crippen LogP) is 4.82. The van der Waals surface area contributed by atoms with Gasteiger partial charge in [0, 0.05) is 34.2 Å². The Bertz CT molecular complexity index is 780. The van der Waals surface area contributed by atoms with Crippen LogP contribution in [0.3, 0.4) is 0 Å². The van der Waals surface area contributed by atoms with E-state index in [1.807, 2.05) is 25.2 Å². The molecule has 0 fully saturated rings. The summed E-state index contributed by atoms with van der Waals surface area (Å²) in [5.41, 5.74) is 3.73. The monoisotopic (exact) mass is 362 g/mol. The molecule has 0 spiro atoms. The van der Waals surface area contributed by atoms with Crippen LogP contribution in [0, 0.1) is 0 Å². The van der Waals surface area contributed by atoms with E-state index in [0.717, 1.165) is 22.6 Å². The summed E-state index contributed by atoms with van der Waals surface area (Å²) in [5, 5.41) is 5.25. The lowest BCUT2D eigenvalue weighted by molar-refractivity contribution is 0.795. The van der Waals surface area contributed by atoms with E-state index in [-0.39, 0.29) is 0 Å². The summed E-state index contributed by atoms with van der Waals surface area (Å²) in [5.74, 6) is 0. The molecule has 2 nitrogen and oxygen atoms in total. The highest BCUT2D eigenvalue weighted by Crippen LogP contribution is 2.26. The van der Waals surface area contributed by atoms with Crippen LogP contribution in [0.25, 0.3) is 10.9 Å². The molecule has 21 heavy (non-hydrogen) atoms. The van der Waals surface area contributed by atoms with Crippen LogP contribution in [0.1, 0.15) is 11.1 Å². The summed E-state index contributed by atoms with van der Waals surface area (Å²) in [6.45, 7) is 1.68. The van der Waals surface area contributed by atoms with Crippen LogP contribution in [0.15, 0.2) is 53.1 Å². The van der Waals surface area contributed by atoms with E-state index in [2.05, 4.69) is 56.3 Å². The van der Waals surface area contributed by atoms with Crippen molar-refractivity contribution >= 4 is 38.4 Å². The zero-order valence-corrected chi connectivity index (χ0v) is 14.1. The summed E-state index contributed by atoms with van der Waals surface area (Å²) in [4.78, 5) is 0. The molecule has 0 aliphatic rings. The number of nitrogens with zero attached hydrogens (tertiary/aromatic N) is 1. The highest BCUT2D eigenvalue weighted by atomic mass is 79.9. The molecule has 0 radical (unpaired) electrons. The topological polar surface area (TPSA) is 17.0 Å². The van der Waals surface area contributed by atoms with Crippen molar-refractivity contribution in [1.29, 1.82) is 0 Å². The number of hydrogen-bond acceptors (Lipinski definition) is 1. The highest BCUT2D eigenvalue weighted by molar-refractivity contribution is 9.10. The zero-order valence-electron chi connectivity index (χ0n) is 11.7. The van der Waals surface area contributed by atoms with Crippen molar-refractivity contribution < 1.29 is 0 Å². The van der Waals surface area contributed by atoms with E-state index in [1.165, 1.54) is 22.0 Å². The highest BCUT2D eigenvalue weighted by Gasteiger charge is 2.09. The molecule has 2 aromatic carbocycles. The van der Waals surface area contributed by atoms with Crippen molar-refractivity contribution in [1.82, 2.24) is 9.88 Å². The largest absolute Gasteiger partial charge is 0.343 e. The van der Waals surface area contributed by atoms with Crippen LogP contribution < -0.4 is 5.32 Å². The molecule has 0 aliphatic carbocycles. The summed E-state index contributed by atoms with van der Waals surface area (Å²) >= 11 is 9.70. The maximum absolute atomic E-state index is 6.17. The van der Waals surface area contributed by atoms with Crippen LogP contribution in [-0.2, 0) is 13.1 Å². The fourth-order valence-electron chi connectivity index (χ4n) is 2.64. The summed E-state index contributed by atoms with van der Waals surface area (Å²) in [6.07, 6.45) is 2.21. The number of nitrogens with one attached hydrogen (secondary N) is 1. The summed E-state index contributed by atoms with van der Waals surface area (Å²) < 4.78 is 3.36. The molecule has 0 saturated heterocycles. The number of benzene rings is 2. The lowest BCUT2D eigenvalue weighted by Crippen LogP contribution is -2.04. The lowest BCUT2D eigenvalue weighted by atomic mass is 10.2. The van der Waals surface area contributed by atoms with Crippen molar-refractivity contribution in [2.45, 2.75) is 13.1 Å². The molecular formula is C17H16BrClN2. The normalized spacial score (nSPS) is 11.2. The van der Waals surface area contributed by atoms with Gasteiger partial charge in [0.05, 0.1) is 5.52 Å². The number of fused-ring (bicyclic) bond motifs is 1. The van der Waals surface area contributed by atoms with Gasteiger partial charge in [0.25, 0.3) is 0 Å². The van der Waals surface area contributed by atoms with E-state index in [0.29, 0.717) is 0 Å². The van der Waals surface area contributed by atoms with Gasteiger partial charge in [0.2, 0.25) is 0 Å². The molecule has 0 bridgehead atoms. The number of aromatic nitrogens is 1. The van der Waals surface area contributed by atoms with Gasteiger partial charge in [-0.3, -0.25) is 0 Å². The lowest BCUT2D eigenvalue weighted by Gasteiger charge is -2.06. The second kappa shape index (κ2) is 6.22. The Labute approximate surface area is 137 Å². The standard InChI is InChI=1S/C17H16BrClN2/c1-20-9-13-11-21(10-12-3-2-4-14(18)7-12)17-8-15(19)5-6-16(13)17/h2-8,11,20H,9-10H2,1H3. The number of rotatable bonds is 4. The third-order valence-electron chi connectivity index (χ3n) is 3.54. The summed E-state index contributed by atoms with van der Waals surface area (Å²) in [7, 11) is 1.97. The van der Waals surface area contributed by atoms with E-state index in [4.69, 9.17) is 11.6 Å². The molecule has 3 aromatic rings. The Morgan fingerprint density at radius 1 is 1.19 bits per heavy atom. The molecule has 0 saturated carbocycles. The first-order valence-electron chi connectivity index (χ1n) is 6.83. The molecular weight excluding hydrogens is 348 g/mol. The van der Waals surface area contributed by atoms with Gasteiger partial charge in [-0.25, -0.2) is 0 Å². The van der Waals surface area contributed by atoms with Crippen molar-refractivity contribution in [3.63, 3.8) is 0 Å². The average Bonchev–Trinajstić information content (AvgIpc) is 2.77. The molecule has 3 rings (SSSR count). The van der Waals surface area contributed by atoms with Crippen LogP contribution in [0.5, 0.6) is 0 Å².